The third kappa shape index (κ3) is 2.68. The van der Waals surface area contributed by atoms with E-state index in [2.05, 4.69) is 0 Å². The summed E-state index contributed by atoms with van der Waals surface area (Å²) in [7, 11) is 0. The topological polar surface area (TPSA) is 29.5 Å². The highest BCUT2D eigenvalue weighted by molar-refractivity contribution is 5.36. The van der Waals surface area contributed by atoms with Crippen LogP contribution in [0.2, 0.25) is 0 Å². The van der Waals surface area contributed by atoms with Crippen LogP contribution in [0.3, 0.4) is 0 Å². The van der Waals surface area contributed by atoms with Gasteiger partial charge in [0.1, 0.15) is 6.61 Å². The Morgan fingerprint density at radius 3 is 2.50 bits per heavy atom. The molecule has 1 N–H and O–H groups in total. The highest BCUT2D eigenvalue weighted by atomic mass is 19.1. The Morgan fingerprint density at radius 2 is 1.83 bits per heavy atom. The van der Waals surface area contributed by atoms with E-state index in [1.165, 1.54) is 0 Å². The summed E-state index contributed by atoms with van der Waals surface area (Å²) in [6.07, 6.45) is 0. The lowest BCUT2D eigenvalue weighted by Crippen LogP contribution is -2.00. The fraction of sp³-hybridized carbons (Fsp3) is 0.200. The zero-order valence-corrected chi connectivity index (χ0v) is 10.2. The lowest BCUT2D eigenvalue weighted by Gasteiger charge is -2.11. The van der Waals surface area contributed by atoms with Gasteiger partial charge in [-0.05, 0) is 29.7 Å². The van der Waals surface area contributed by atoms with Gasteiger partial charge in [-0.2, -0.15) is 0 Å². The van der Waals surface area contributed by atoms with Crippen molar-refractivity contribution >= 4 is 0 Å². The summed E-state index contributed by atoms with van der Waals surface area (Å²) < 4.78 is 19.4. The molecule has 2 nitrogen and oxygen atoms in total. The van der Waals surface area contributed by atoms with Crippen LogP contribution >= 0.6 is 0 Å². The van der Waals surface area contributed by atoms with Gasteiger partial charge in [0.2, 0.25) is 0 Å². The van der Waals surface area contributed by atoms with E-state index >= 15 is 0 Å². The predicted octanol–water partition coefficient (Wildman–Crippen LogP) is 3.21. The van der Waals surface area contributed by atoms with Crippen molar-refractivity contribution in [2.75, 3.05) is 0 Å². The molecule has 2 aromatic rings. The molecule has 0 saturated heterocycles. The SMILES string of the molecule is Cc1c(CO)ccc(OCc2ccccc2)c1F. The first-order chi connectivity index (χ1) is 8.72. The average molecular weight is 246 g/mol. The summed E-state index contributed by atoms with van der Waals surface area (Å²) >= 11 is 0. The van der Waals surface area contributed by atoms with E-state index in [4.69, 9.17) is 9.84 Å². The Kier molecular flexibility index (Phi) is 3.95. The molecule has 0 spiro atoms. The van der Waals surface area contributed by atoms with Crippen LogP contribution in [0.4, 0.5) is 4.39 Å². The minimum absolute atomic E-state index is 0.165. The van der Waals surface area contributed by atoms with Crippen molar-refractivity contribution in [3.63, 3.8) is 0 Å². The summed E-state index contributed by atoms with van der Waals surface area (Å²) in [5, 5.41) is 9.03. The van der Waals surface area contributed by atoms with Crippen LogP contribution in [0.25, 0.3) is 0 Å². The van der Waals surface area contributed by atoms with Crippen molar-refractivity contribution < 1.29 is 14.2 Å². The van der Waals surface area contributed by atoms with Crippen molar-refractivity contribution in [3.05, 3.63) is 65.0 Å². The molecule has 0 heterocycles. The van der Waals surface area contributed by atoms with E-state index in [0.717, 1.165) is 5.56 Å². The van der Waals surface area contributed by atoms with Crippen LogP contribution in [0.5, 0.6) is 5.75 Å². The van der Waals surface area contributed by atoms with Crippen molar-refractivity contribution in [2.24, 2.45) is 0 Å². The van der Waals surface area contributed by atoms with Gasteiger partial charge in [0, 0.05) is 0 Å². The van der Waals surface area contributed by atoms with E-state index in [1.807, 2.05) is 30.3 Å². The first-order valence-corrected chi connectivity index (χ1v) is 5.78. The smallest absolute Gasteiger partial charge is 0.168 e. The number of halogens is 1. The van der Waals surface area contributed by atoms with Gasteiger partial charge in [0.15, 0.2) is 11.6 Å². The molecule has 3 heteroatoms. The monoisotopic (exact) mass is 246 g/mol. The molecule has 0 aliphatic heterocycles. The van der Waals surface area contributed by atoms with E-state index in [9.17, 15) is 4.39 Å². The highest BCUT2D eigenvalue weighted by Gasteiger charge is 2.10. The van der Waals surface area contributed by atoms with Crippen molar-refractivity contribution in [3.8, 4) is 5.75 Å². The maximum atomic E-state index is 13.9. The maximum absolute atomic E-state index is 13.9. The van der Waals surface area contributed by atoms with E-state index in [0.29, 0.717) is 17.7 Å². The molecule has 0 aromatic heterocycles. The second kappa shape index (κ2) is 5.65. The van der Waals surface area contributed by atoms with Crippen molar-refractivity contribution in [2.45, 2.75) is 20.1 Å². The van der Waals surface area contributed by atoms with Crippen molar-refractivity contribution in [1.82, 2.24) is 0 Å². The third-order valence-electron chi connectivity index (χ3n) is 2.87. The first-order valence-electron chi connectivity index (χ1n) is 5.78. The van der Waals surface area contributed by atoms with Crippen LogP contribution in [0, 0.1) is 12.7 Å². The Labute approximate surface area is 106 Å². The van der Waals surface area contributed by atoms with Crippen molar-refractivity contribution in [1.29, 1.82) is 0 Å². The van der Waals surface area contributed by atoms with Gasteiger partial charge >= 0.3 is 0 Å². The number of benzene rings is 2. The molecule has 0 aliphatic carbocycles. The second-order valence-electron chi connectivity index (χ2n) is 4.09. The van der Waals surface area contributed by atoms with Crippen LogP contribution in [-0.2, 0) is 13.2 Å². The largest absolute Gasteiger partial charge is 0.486 e. The fourth-order valence-corrected chi connectivity index (χ4v) is 1.72. The summed E-state index contributed by atoms with van der Waals surface area (Å²) in [5.41, 5.74) is 2.00. The molecule has 0 bridgehead atoms. The van der Waals surface area contributed by atoms with Crippen LogP contribution < -0.4 is 4.74 Å². The molecule has 94 valence electrons. The number of ether oxygens (including phenoxy) is 1. The Balaban J connectivity index is 2.13. The highest BCUT2D eigenvalue weighted by Crippen LogP contribution is 2.24. The Hall–Kier alpha value is -1.87. The van der Waals surface area contributed by atoms with Gasteiger partial charge < -0.3 is 9.84 Å². The molecule has 0 amide bonds. The zero-order valence-electron chi connectivity index (χ0n) is 10.2. The average Bonchev–Trinajstić information content (AvgIpc) is 2.42. The van der Waals surface area contributed by atoms with Crippen LogP contribution in [0.15, 0.2) is 42.5 Å². The molecule has 2 rings (SSSR count). The number of hydrogen-bond acceptors (Lipinski definition) is 2. The maximum Gasteiger partial charge on any atom is 0.168 e. The van der Waals surface area contributed by atoms with Gasteiger partial charge in [-0.3, -0.25) is 0 Å². The first kappa shape index (κ1) is 12.6. The van der Waals surface area contributed by atoms with Gasteiger partial charge in [0.05, 0.1) is 6.61 Å². The summed E-state index contributed by atoms with van der Waals surface area (Å²) in [5.74, 6) is -0.189. The number of hydrogen-bond donors (Lipinski definition) is 1. The molecular weight excluding hydrogens is 231 g/mol. The minimum atomic E-state index is -0.405. The number of aliphatic hydroxyl groups is 1. The van der Waals surface area contributed by atoms with Crippen LogP contribution in [-0.4, -0.2) is 5.11 Å². The van der Waals surface area contributed by atoms with Gasteiger partial charge in [-0.1, -0.05) is 36.4 Å². The summed E-state index contributed by atoms with van der Waals surface area (Å²) in [6.45, 7) is 1.80. The molecular formula is C15H15FO2. The lowest BCUT2D eigenvalue weighted by molar-refractivity contribution is 0.275. The van der Waals surface area contributed by atoms with Gasteiger partial charge in [0.25, 0.3) is 0 Å². The number of aliphatic hydroxyl groups excluding tert-OH is 1. The van der Waals surface area contributed by atoms with E-state index in [-0.39, 0.29) is 12.4 Å². The Morgan fingerprint density at radius 1 is 1.11 bits per heavy atom. The second-order valence-corrected chi connectivity index (χ2v) is 4.09. The van der Waals surface area contributed by atoms with E-state index in [1.54, 1.807) is 19.1 Å². The molecule has 0 aliphatic rings. The molecule has 0 unspecified atom stereocenters. The standard InChI is InChI=1S/C15H15FO2/c1-11-13(9-17)7-8-14(15(11)16)18-10-12-5-3-2-4-6-12/h2-8,17H,9-10H2,1H3. The lowest BCUT2D eigenvalue weighted by atomic mass is 10.1. The van der Waals surface area contributed by atoms with Crippen LogP contribution in [0.1, 0.15) is 16.7 Å². The quantitative estimate of drug-likeness (QED) is 0.897. The fourth-order valence-electron chi connectivity index (χ4n) is 1.72. The zero-order chi connectivity index (χ0) is 13.0. The molecule has 0 saturated carbocycles. The Bertz CT molecular complexity index is 524. The van der Waals surface area contributed by atoms with Gasteiger partial charge in [-0.25, -0.2) is 4.39 Å². The third-order valence-corrected chi connectivity index (χ3v) is 2.87. The van der Waals surface area contributed by atoms with E-state index < -0.39 is 5.82 Å². The summed E-state index contributed by atoms with van der Waals surface area (Å²) in [6, 6.07) is 12.8. The predicted molar refractivity (Wildman–Crippen MR) is 67.8 cm³/mol. The molecule has 0 atom stereocenters. The summed E-state index contributed by atoms with van der Waals surface area (Å²) in [4.78, 5) is 0. The molecule has 18 heavy (non-hydrogen) atoms. The van der Waals surface area contributed by atoms with Gasteiger partial charge in [-0.15, -0.1) is 0 Å². The molecule has 0 radical (unpaired) electrons. The normalized spacial score (nSPS) is 10.4. The minimum Gasteiger partial charge on any atom is -0.486 e. The number of rotatable bonds is 4. The molecule has 0 fully saturated rings. The molecule has 2 aromatic carbocycles.